The Kier molecular flexibility index (Phi) is 7.59. The van der Waals surface area contributed by atoms with Gasteiger partial charge in [-0.25, -0.2) is 17.6 Å². The van der Waals surface area contributed by atoms with Crippen molar-refractivity contribution < 1.29 is 27.1 Å². The van der Waals surface area contributed by atoms with Gasteiger partial charge >= 0.3 is 6.09 Å². The Morgan fingerprint density at radius 1 is 1.10 bits per heavy atom. The van der Waals surface area contributed by atoms with Crippen molar-refractivity contribution in [1.29, 1.82) is 0 Å². The lowest BCUT2D eigenvalue weighted by molar-refractivity contribution is 0.0526. The summed E-state index contributed by atoms with van der Waals surface area (Å²) >= 11 is 0. The van der Waals surface area contributed by atoms with Crippen LogP contribution in [0, 0.1) is 5.82 Å². The highest BCUT2D eigenvalue weighted by molar-refractivity contribution is 7.89. The molecule has 29 heavy (non-hydrogen) atoms. The quantitative estimate of drug-likeness (QED) is 0.675. The largest absolute Gasteiger partial charge is 0.444 e. The van der Waals surface area contributed by atoms with E-state index in [1.807, 2.05) is 0 Å². The number of carbonyl (C=O) groups excluding carboxylic acids is 2. The van der Waals surface area contributed by atoms with Gasteiger partial charge in [-0.3, -0.25) is 4.79 Å². The Morgan fingerprint density at radius 3 is 2.34 bits per heavy atom. The molecule has 1 saturated heterocycles. The van der Waals surface area contributed by atoms with Crippen molar-refractivity contribution in [2.75, 3.05) is 26.2 Å². The number of sulfonamides is 1. The molecule has 0 spiro atoms. The molecule has 1 aliphatic rings. The number of ether oxygens (including phenoxy) is 1. The maximum atomic E-state index is 14.2. The number of nitrogens with zero attached hydrogens (tertiary/aromatic N) is 1. The second-order valence-corrected chi connectivity index (χ2v) is 9.70. The number of piperidine rings is 1. The molecule has 2 N–H and O–H groups in total. The number of benzene rings is 1. The first-order valence-corrected chi connectivity index (χ1v) is 11.0. The zero-order valence-corrected chi connectivity index (χ0v) is 17.8. The van der Waals surface area contributed by atoms with Crippen molar-refractivity contribution in [3.05, 3.63) is 29.6 Å². The van der Waals surface area contributed by atoms with Crippen LogP contribution in [-0.2, 0) is 14.8 Å². The number of amides is 2. The molecule has 1 aromatic carbocycles. The molecule has 10 heteroatoms. The van der Waals surface area contributed by atoms with E-state index in [1.54, 1.807) is 20.8 Å². The van der Waals surface area contributed by atoms with E-state index < -0.39 is 38.3 Å². The smallest absolute Gasteiger partial charge is 0.407 e. The first kappa shape index (κ1) is 23.1. The van der Waals surface area contributed by atoms with Crippen molar-refractivity contribution in [2.45, 2.75) is 50.5 Å². The van der Waals surface area contributed by atoms with Crippen molar-refractivity contribution >= 4 is 22.0 Å². The van der Waals surface area contributed by atoms with E-state index in [0.717, 1.165) is 31.4 Å². The van der Waals surface area contributed by atoms with Crippen LogP contribution in [0.25, 0.3) is 0 Å². The first-order valence-electron chi connectivity index (χ1n) is 9.55. The highest BCUT2D eigenvalue weighted by atomic mass is 32.2. The molecule has 2 rings (SSSR count). The van der Waals surface area contributed by atoms with Gasteiger partial charge in [0.2, 0.25) is 10.0 Å². The zero-order valence-electron chi connectivity index (χ0n) is 17.0. The molecule has 0 atom stereocenters. The Hall–Kier alpha value is -2.20. The van der Waals surface area contributed by atoms with Crippen LogP contribution in [0.15, 0.2) is 23.1 Å². The molecule has 1 aromatic rings. The van der Waals surface area contributed by atoms with E-state index in [4.69, 9.17) is 4.74 Å². The minimum atomic E-state index is -4.00. The number of alkyl carbamates (subject to hydrolysis) is 1. The normalized spacial score (nSPS) is 15.6. The van der Waals surface area contributed by atoms with Crippen LogP contribution in [0.5, 0.6) is 0 Å². The van der Waals surface area contributed by atoms with Gasteiger partial charge in [0.05, 0.1) is 0 Å². The Morgan fingerprint density at radius 2 is 1.72 bits per heavy atom. The van der Waals surface area contributed by atoms with Crippen LogP contribution >= 0.6 is 0 Å². The van der Waals surface area contributed by atoms with Gasteiger partial charge in [-0.1, -0.05) is 6.42 Å². The standard InChI is InChI=1S/C19H28FN3O5S/c1-19(2,3)28-18(25)22-10-9-21-17(24)14-7-8-15(20)16(13-14)29(26,27)23-11-5-4-6-12-23/h7-8,13H,4-6,9-12H2,1-3H3,(H,21,24)(H,22,25). The highest BCUT2D eigenvalue weighted by Crippen LogP contribution is 2.24. The van der Waals surface area contributed by atoms with Gasteiger partial charge in [-0.2, -0.15) is 4.31 Å². The number of rotatable bonds is 6. The van der Waals surface area contributed by atoms with Gasteiger partial charge in [0.1, 0.15) is 16.3 Å². The summed E-state index contributed by atoms with van der Waals surface area (Å²) in [5, 5.41) is 5.05. The molecule has 0 saturated carbocycles. The van der Waals surface area contributed by atoms with Gasteiger partial charge in [0.15, 0.2) is 0 Å². The highest BCUT2D eigenvalue weighted by Gasteiger charge is 2.29. The minimum absolute atomic E-state index is 0.0271. The molecule has 1 fully saturated rings. The molecule has 8 nitrogen and oxygen atoms in total. The molecular weight excluding hydrogens is 401 g/mol. The molecule has 1 aliphatic heterocycles. The van der Waals surface area contributed by atoms with Gasteiger partial charge in [-0.15, -0.1) is 0 Å². The van der Waals surface area contributed by atoms with E-state index in [0.29, 0.717) is 13.1 Å². The molecular formula is C19H28FN3O5S. The number of carbonyl (C=O) groups is 2. The summed E-state index contributed by atoms with van der Waals surface area (Å²) in [5.74, 6) is -1.45. The van der Waals surface area contributed by atoms with Crippen molar-refractivity contribution in [3.63, 3.8) is 0 Å². The van der Waals surface area contributed by atoms with Gasteiger partial charge in [0.25, 0.3) is 5.91 Å². The third-order valence-electron chi connectivity index (χ3n) is 4.21. The lowest BCUT2D eigenvalue weighted by Crippen LogP contribution is -2.38. The topological polar surface area (TPSA) is 105 Å². The predicted octanol–water partition coefficient (Wildman–Crippen LogP) is 2.25. The van der Waals surface area contributed by atoms with Crippen LogP contribution in [0.2, 0.25) is 0 Å². The van der Waals surface area contributed by atoms with Crippen LogP contribution < -0.4 is 10.6 Å². The van der Waals surface area contributed by atoms with Crippen LogP contribution in [0.4, 0.5) is 9.18 Å². The lowest BCUT2D eigenvalue weighted by atomic mass is 10.2. The second-order valence-electron chi connectivity index (χ2n) is 7.79. The molecule has 162 valence electrons. The van der Waals surface area contributed by atoms with Crippen molar-refractivity contribution in [1.82, 2.24) is 14.9 Å². The fourth-order valence-corrected chi connectivity index (χ4v) is 4.45. The molecule has 0 radical (unpaired) electrons. The maximum absolute atomic E-state index is 14.2. The number of hydrogen-bond acceptors (Lipinski definition) is 5. The first-order chi connectivity index (χ1) is 13.5. The Labute approximate surface area is 170 Å². The van der Waals surface area contributed by atoms with Crippen LogP contribution in [0.1, 0.15) is 50.4 Å². The average Bonchev–Trinajstić information content (AvgIpc) is 2.64. The van der Waals surface area contributed by atoms with Crippen molar-refractivity contribution in [3.8, 4) is 0 Å². The lowest BCUT2D eigenvalue weighted by Gasteiger charge is -2.26. The number of hydrogen-bond donors (Lipinski definition) is 2. The van der Waals surface area contributed by atoms with Gasteiger partial charge in [-0.05, 0) is 51.8 Å². The molecule has 0 aromatic heterocycles. The third-order valence-corrected chi connectivity index (χ3v) is 6.12. The number of halogens is 1. The zero-order chi connectivity index (χ0) is 21.7. The monoisotopic (exact) mass is 429 g/mol. The summed E-state index contributed by atoms with van der Waals surface area (Å²) < 4.78 is 46.0. The fourth-order valence-electron chi connectivity index (χ4n) is 2.84. The average molecular weight is 430 g/mol. The van der Waals surface area contributed by atoms with E-state index in [2.05, 4.69) is 10.6 Å². The van der Waals surface area contributed by atoms with Crippen LogP contribution in [-0.4, -0.2) is 56.5 Å². The van der Waals surface area contributed by atoms with E-state index in [9.17, 15) is 22.4 Å². The molecule has 1 heterocycles. The van der Waals surface area contributed by atoms with Gasteiger partial charge in [0, 0.05) is 31.7 Å². The summed E-state index contributed by atoms with van der Waals surface area (Å²) in [4.78, 5) is 23.4. The van der Waals surface area contributed by atoms with E-state index >= 15 is 0 Å². The Balaban J connectivity index is 1.98. The molecule has 0 unspecified atom stereocenters. The van der Waals surface area contributed by atoms with Crippen molar-refractivity contribution in [2.24, 2.45) is 0 Å². The fraction of sp³-hybridized carbons (Fsp3) is 0.579. The summed E-state index contributed by atoms with van der Waals surface area (Å²) in [6, 6.07) is 3.25. The minimum Gasteiger partial charge on any atom is -0.444 e. The molecule has 0 aliphatic carbocycles. The van der Waals surface area contributed by atoms with E-state index in [1.165, 1.54) is 10.4 Å². The third kappa shape index (κ3) is 6.67. The molecule has 2 amide bonds. The number of nitrogens with one attached hydrogen (secondary N) is 2. The molecule has 0 bridgehead atoms. The summed E-state index contributed by atoms with van der Waals surface area (Å²) in [7, 11) is -4.00. The van der Waals surface area contributed by atoms with E-state index in [-0.39, 0.29) is 18.7 Å². The summed E-state index contributed by atoms with van der Waals surface area (Å²) in [5.41, 5.74) is -0.600. The predicted molar refractivity (Wildman–Crippen MR) is 106 cm³/mol. The summed E-state index contributed by atoms with van der Waals surface area (Å²) in [6.45, 7) is 6.11. The summed E-state index contributed by atoms with van der Waals surface area (Å²) in [6.07, 6.45) is 1.79. The van der Waals surface area contributed by atoms with Gasteiger partial charge < -0.3 is 15.4 Å². The maximum Gasteiger partial charge on any atom is 0.407 e. The van der Waals surface area contributed by atoms with Crippen LogP contribution in [0.3, 0.4) is 0 Å². The SMILES string of the molecule is CC(C)(C)OC(=O)NCCNC(=O)c1ccc(F)c(S(=O)(=O)N2CCCCC2)c1. The second kappa shape index (κ2) is 9.53. The Bertz CT molecular complexity index is 846.